The quantitative estimate of drug-likeness (QED) is 0.458. The SMILES string of the molecule is Cc1cc(C)cc(S(=O)(=O)NCC(=O)Nc2ccc(Cl)cc2C(O)c2c(F)cccc2F)c1. The van der Waals surface area contributed by atoms with Crippen LogP contribution >= 0.6 is 11.6 Å². The van der Waals surface area contributed by atoms with Crippen LogP contribution in [-0.2, 0) is 14.8 Å². The fourth-order valence-corrected chi connectivity index (χ4v) is 4.68. The topological polar surface area (TPSA) is 95.5 Å². The first kappa shape index (κ1) is 24.8. The van der Waals surface area contributed by atoms with Crippen LogP contribution in [0.4, 0.5) is 14.5 Å². The fourth-order valence-electron chi connectivity index (χ4n) is 3.33. The molecule has 0 heterocycles. The van der Waals surface area contributed by atoms with Crippen LogP contribution in [0, 0.1) is 25.5 Å². The number of aliphatic hydroxyl groups is 1. The maximum Gasteiger partial charge on any atom is 0.241 e. The molecule has 1 amide bonds. The van der Waals surface area contributed by atoms with Crippen LogP contribution in [-0.4, -0.2) is 26.0 Å². The number of sulfonamides is 1. The van der Waals surface area contributed by atoms with E-state index in [1.54, 1.807) is 13.8 Å². The lowest BCUT2D eigenvalue weighted by atomic mass is 9.98. The van der Waals surface area contributed by atoms with E-state index in [4.69, 9.17) is 11.6 Å². The summed E-state index contributed by atoms with van der Waals surface area (Å²) < 4.78 is 55.6. The number of aryl methyl sites for hydroxylation is 2. The second-order valence-electron chi connectivity index (χ2n) is 7.47. The molecule has 0 radical (unpaired) electrons. The van der Waals surface area contributed by atoms with Crippen molar-refractivity contribution in [2.24, 2.45) is 0 Å². The van der Waals surface area contributed by atoms with Crippen molar-refractivity contribution in [1.29, 1.82) is 0 Å². The van der Waals surface area contributed by atoms with Crippen LogP contribution in [0.1, 0.15) is 28.4 Å². The number of hydrogen-bond donors (Lipinski definition) is 3. The van der Waals surface area contributed by atoms with Crippen LogP contribution in [0.3, 0.4) is 0 Å². The molecule has 0 saturated carbocycles. The van der Waals surface area contributed by atoms with Gasteiger partial charge in [0.25, 0.3) is 0 Å². The Morgan fingerprint density at radius 2 is 1.64 bits per heavy atom. The highest BCUT2D eigenvalue weighted by molar-refractivity contribution is 7.89. The van der Waals surface area contributed by atoms with E-state index in [1.807, 2.05) is 6.07 Å². The summed E-state index contributed by atoms with van der Waals surface area (Å²) >= 11 is 5.98. The summed E-state index contributed by atoms with van der Waals surface area (Å²) in [6.07, 6.45) is -1.77. The Hall–Kier alpha value is -2.85. The first-order chi connectivity index (χ1) is 15.5. The first-order valence-corrected chi connectivity index (χ1v) is 11.6. The molecule has 3 aromatic carbocycles. The Labute approximate surface area is 195 Å². The molecule has 0 saturated heterocycles. The maximum atomic E-state index is 14.2. The molecule has 0 aliphatic carbocycles. The van der Waals surface area contributed by atoms with Crippen molar-refractivity contribution >= 4 is 33.2 Å². The first-order valence-electron chi connectivity index (χ1n) is 9.77. The summed E-state index contributed by atoms with van der Waals surface area (Å²) in [4.78, 5) is 12.5. The predicted molar refractivity (Wildman–Crippen MR) is 122 cm³/mol. The molecule has 3 N–H and O–H groups in total. The molecular formula is C23H21ClF2N2O4S. The average Bonchev–Trinajstić information content (AvgIpc) is 2.72. The minimum Gasteiger partial charge on any atom is -0.383 e. The van der Waals surface area contributed by atoms with Gasteiger partial charge < -0.3 is 10.4 Å². The Bertz CT molecular complexity index is 1280. The molecule has 174 valence electrons. The van der Waals surface area contributed by atoms with Gasteiger partial charge in [0.15, 0.2) is 0 Å². The van der Waals surface area contributed by atoms with Crippen LogP contribution in [0.2, 0.25) is 5.02 Å². The van der Waals surface area contributed by atoms with Gasteiger partial charge in [-0.1, -0.05) is 23.7 Å². The summed E-state index contributed by atoms with van der Waals surface area (Å²) in [7, 11) is -3.96. The number of hydrogen-bond acceptors (Lipinski definition) is 4. The number of aliphatic hydroxyl groups excluding tert-OH is 1. The molecular weight excluding hydrogens is 474 g/mol. The minimum absolute atomic E-state index is 0.0187. The van der Waals surface area contributed by atoms with Gasteiger partial charge in [-0.3, -0.25) is 4.79 Å². The zero-order valence-corrected chi connectivity index (χ0v) is 19.3. The Morgan fingerprint density at radius 3 is 2.24 bits per heavy atom. The van der Waals surface area contributed by atoms with Crippen LogP contribution < -0.4 is 10.0 Å². The van der Waals surface area contributed by atoms with E-state index in [1.165, 1.54) is 30.3 Å². The van der Waals surface area contributed by atoms with Crippen molar-refractivity contribution in [3.05, 3.63) is 93.5 Å². The normalized spacial score (nSPS) is 12.4. The van der Waals surface area contributed by atoms with Gasteiger partial charge in [-0.15, -0.1) is 0 Å². The highest BCUT2D eigenvalue weighted by Gasteiger charge is 2.24. The lowest BCUT2D eigenvalue weighted by Crippen LogP contribution is -2.33. The summed E-state index contributed by atoms with van der Waals surface area (Å²) in [5, 5.41) is 13.2. The van der Waals surface area contributed by atoms with E-state index >= 15 is 0 Å². The van der Waals surface area contributed by atoms with Gasteiger partial charge in [0.1, 0.15) is 17.7 Å². The molecule has 33 heavy (non-hydrogen) atoms. The van der Waals surface area contributed by atoms with Gasteiger partial charge in [0, 0.05) is 16.3 Å². The third-order valence-electron chi connectivity index (χ3n) is 4.78. The highest BCUT2D eigenvalue weighted by atomic mass is 35.5. The molecule has 0 aliphatic rings. The van der Waals surface area contributed by atoms with Crippen molar-refractivity contribution in [2.45, 2.75) is 24.8 Å². The van der Waals surface area contributed by atoms with E-state index in [9.17, 15) is 27.1 Å². The van der Waals surface area contributed by atoms with Crippen molar-refractivity contribution in [1.82, 2.24) is 4.72 Å². The Balaban J connectivity index is 1.80. The molecule has 0 aromatic heterocycles. The molecule has 1 atom stereocenters. The second-order valence-corrected chi connectivity index (χ2v) is 9.67. The van der Waals surface area contributed by atoms with E-state index < -0.39 is 45.8 Å². The largest absolute Gasteiger partial charge is 0.383 e. The van der Waals surface area contributed by atoms with E-state index in [0.717, 1.165) is 29.3 Å². The van der Waals surface area contributed by atoms with E-state index in [-0.39, 0.29) is 21.2 Å². The molecule has 0 fully saturated rings. The number of nitrogens with one attached hydrogen (secondary N) is 2. The summed E-state index contributed by atoms with van der Waals surface area (Å²) in [5.41, 5.74) is 0.855. The lowest BCUT2D eigenvalue weighted by molar-refractivity contribution is -0.115. The van der Waals surface area contributed by atoms with Gasteiger partial charge in [0.05, 0.1) is 17.0 Å². The van der Waals surface area contributed by atoms with E-state index in [0.29, 0.717) is 0 Å². The standard InChI is InChI=1S/C23H21ClF2N2O4S/c1-13-8-14(2)10-16(9-13)33(31,32)27-12-21(29)28-20-7-6-15(24)11-17(20)23(30)22-18(25)4-3-5-19(22)26/h3-11,23,27,30H,12H2,1-2H3,(H,28,29). The molecule has 1 unspecified atom stereocenters. The third kappa shape index (κ3) is 5.94. The molecule has 10 heteroatoms. The molecule has 0 spiro atoms. The van der Waals surface area contributed by atoms with Gasteiger partial charge in [-0.25, -0.2) is 21.9 Å². The number of amides is 1. The maximum absolute atomic E-state index is 14.2. The molecule has 3 rings (SSSR count). The van der Waals surface area contributed by atoms with Gasteiger partial charge >= 0.3 is 0 Å². The highest BCUT2D eigenvalue weighted by Crippen LogP contribution is 2.33. The summed E-state index contributed by atoms with van der Waals surface area (Å²) in [5.74, 6) is -2.70. The summed E-state index contributed by atoms with van der Waals surface area (Å²) in [6, 6.07) is 11.9. The Kier molecular flexibility index (Phi) is 7.48. The second kappa shape index (κ2) is 9.96. The van der Waals surface area contributed by atoms with Crippen LogP contribution in [0.5, 0.6) is 0 Å². The number of anilines is 1. The Morgan fingerprint density at radius 1 is 1.03 bits per heavy atom. The van der Waals surface area contributed by atoms with Crippen molar-refractivity contribution < 1.29 is 27.1 Å². The van der Waals surface area contributed by atoms with Crippen molar-refractivity contribution in [2.75, 3.05) is 11.9 Å². The number of halogens is 3. The van der Waals surface area contributed by atoms with Gasteiger partial charge in [-0.2, -0.15) is 0 Å². The van der Waals surface area contributed by atoms with Gasteiger partial charge in [-0.05, 0) is 67.4 Å². The molecule has 3 aromatic rings. The minimum atomic E-state index is -3.96. The third-order valence-corrected chi connectivity index (χ3v) is 6.40. The van der Waals surface area contributed by atoms with Crippen molar-refractivity contribution in [3.8, 4) is 0 Å². The lowest BCUT2D eigenvalue weighted by Gasteiger charge is -2.18. The van der Waals surface area contributed by atoms with E-state index in [2.05, 4.69) is 10.0 Å². The van der Waals surface area contributed by atoms with Crippen molar-refractivity contribution in [3.63, 3.8) is 0 Å². The van der Waals surface area contributed by atoms with Crippen LogP contribution in [0.15, 0.2) is 59.5 Å². The fraction of sp³-hybridized carbons (Fsp3) is 0.174. The average molecular weight is 495 g/mol. The number of benzene rings is 3. The number of carbonyl (C=O) groups excluding carboxylic acids is 1. The monoisotopic (exact) mass is 494 g/mol. The molecule has 0 aliphatic heterocycles. The number of carbonyl (C=O) groups is 1. The van der Waals surface area contributed by atoms with Crippen LogP contribution in [0.25, 0.3) is 0 Å². The predicted octanol–water partition coefficient (Wildman–Crippen LogP) is 4.23. The zero-order chi connectivity index (χ0) is 24.3. The van der Waals surface area contributed by atoms with Gasteiger partial charge in [0.2, 0.25) is 15.9 Å². The molecule has 0 bridgehead atoms. The zero-order valence-electron chi connectivity index (χ0n) is 17.7. The summed E-state index contributed by atoms with van der Waals surface area (Å²) in [6.45, 7) is 2.90. The smallest absolute Gasteiger partial charge is 0.241 e. The molecule has 6 nitrogen and oxygen atoms in total. The number of rotatable bonds is 7.